The summed E-state index contributed by atoms with van der Waals surface area (Å²) < 4.78 is 4.67. The maximum absolute atomic E-state index is 12.5. The Morgan fingerprint density at radius 1 is 0.929 bits per heavy atom. The number of benzene rings is 2. The summed E-state index contributed by atoms with van der Waals surface area (Å²) >= 11 is 0. The Labute approximate surface area is 164 Å². The molecule has 2 aromatic rings. The molecule has 3 rings (SSSR count). The molecule has 0 aliphatic carbocycles. The maximum atomic E-state index is 12.5. The Bertz CT molecular complexity index is 863. The zero-order chi connectivity index (χ0) is 19.9. The summed E-state index contributed by atoms with van der Waals surface area (Å²) in [5, 5.41) is 0. The highest BCUT2D eigenvalue weighted by Crippen LogP contribution is 2.22. The van der Waals surface area contributed by atoms with Crippen LogP contribution in [0.1, 0.15) is 39.1 Å². The molecule has 1 fully saturated rings. The monoisotopic (exact) mass is 377 g/mol. The number of ether oxygens (including phenoxy) is 1. The first-order valence-electron chi connectivity index (χ1n) is 9.33. The molecule has 0 N–H and O–H groups in total. The molecule has 0 unspecified atom stereocenters. The van der Waals surface area contributed by atoms with Crippen LogP contribution in [0.4, 0.5) is 0 Å². The predicted octanol–water partition coefficient (Wildman–Crippen LogP) is 3.61. The summed E-state index contributed by atoms with van der Waals surface area (Å²) in [6.07, 6.45) is 4.62. The largest absolute Gasteiger partial charge is 0.465 e. The lowest BCUT2D eigenvalue weighted by molar-refractivity contribution is -0.127. The number of carbonyl (C=O) groups excluding carboxylic acids is 3. The van der Waals surface area contributed by atoms with Crippen molar-refractivity contribution in [2.75, 3.05) is 20.2 Å². The van der Waals surface area contributed by atoms with Gasteiger partial charge in [-0.15, -0.1) is 0 Å². The van der Waals surface area contributed by atoms with Gasteiger partial charge in [0.25, 0.3) is 0 Å². The second-order valence-electron chi connectivity index (χ2n) is 6.78. The van der Waals surface area contributed by atoms with Crippen molar-refractivity contribution < 1.29 is 19.1 Å². The standard InChI is InChI=1S/C23H23NO4/c1-28-23(27)20-10-7-17(8-11-20)9-12-21(25)24-15-13-19(14-16-24)22(26)18-5-3-2-4-6-18/h2-12,19H,13-16H2,1H3/b12-9+. The Balaban J connectivity index is 1.53. The molecule has 5 nitrogen and oxygen atoms in total. The molecule has 1 amide bonds. The molecule has 28 heavy (non-hydrogen) atoms. The van der Waals surface area contributed by atoms with Gasteiger partial charge in [-0.05, 0) is 36.6 Å². The van der Waals surface area contributed by atoms with E-state index >= 15 is 0 Å². The summed E-state index contributed by atoms with van der Waals surface area (Å²) in [4.78, 5) is 38.2. The van der Waals surface area contributed by atoms with E-state index in [-0.39, 0.29) is 23.6 Å². The number of nitrogens with zero attached hydrogens (tertiary/aromatic N) is 1. The van der Waals surface area contributed by atoms with Gasteiger partial charge in [-0.25, -0.2) is 4.79 Å². The number of esters is 1. The van der Waals surface area contributed by atoms with Crippen LogP contribution in [0.5, 0.6) is 0 Å². The minimum absolute atomic E-state index is 0.0266. The molecule has 0 spiro atoms. The summed E-state index contributed by atoms with van der Waals surface area (Å²) in [5.41, 5.74) is 2.04. The molecule has 144 valence electrons. The smallest absolute Gasteiger partial charge is 0.337 e. The normalized spacial score (nSPS) is 14.8. The van der Waals surface area contributed by atoms with Crippen molar-refractivity contribution in [1.82, 2.24) is 4.90 Å². The molecule has 0 atom stereocenters. The average molecular weight is 377 g/mol. The van der Waals surface area contributed by atoms with E-state index in [1.807, 2.05) is 30.3 Å². The van der Waals surface area contributed by atoms with Gasteiger partial charge in [0.05, 0.1) is 12.7 Å². The topological polar surface area (TPSA) is 63.7 Å². The summed E-state index contributed by atoms with van der Waals surface area (Å²) in [7, 11) is 1.34. The molecular weight excluding hydrogens is 354 g/mol. The third-order valence-corrected chi connectivity index (χ3v) is 4.99. The fourth-order valence-corrected chi connectivity index (χ4v) is 3.32. The van der Waals surface area contributed by atoms with E-state index in [0.29, 0.717) is 31.5 Å². The van der Waals surface area contributed by atoms with Crippen LogP contribution in [0, 0.1) is 5.92 Å². The minimum Gasteiger partial charge on any atom is -0.465 e. The van der Waals surface area contributed by atoms with Gasteiger partial charge in [-0.3, -0.25) is 9.59 Å². The van der Waals surface area contributed by atoms with Crippen LogP contribution < -0.4 is 0 Å². The molecule has 1 heterocycles. The Morgan fingerprint density at radius 3 is 2.18 bits per heavy atom. The van der Waals surface area contributed by atoms with Crippen LogP contribution in [0.3, 0.4) is 0 Å². The van der Waals surface area contributed by atoms with Crippen LogP contribution >= 0.6 is 0 Å². The minimum atomic E-state index is -0.389. The van der Waals surface area contributed by atoms with E-state index in [1.54, 1.807) is 35.2 Å². The number of Topliss-reactive ketones (excluding diaryl/α,β-unsaturated/α-hetero) is 1. The van der Waals surface area contributed by atoms with Gasteiger partial charge in [0, 0.05) is 30.6 Å². The number of methoxy groups -OCH3 is 1. The van der Waals surface area contributed by atoms with Gasteiger partial charge < -0.3 is 9.64 Å². The van der Waals surface area contributed by atoms with Crippen molar-refractivity contribution in [2.45, 2.75) is 12.8 Å². The molecule has 0 bridgehead atoms. The van der Waals surface area contributed by atoms with E-state index in [2.05, 4.69) is 4.74 Å². The Morgan fingerprint density at radius 2 is 1.57 bits per heavy atom. The van der Waals surface area contributed by atoms with E-state index in [1.165, 1.54) is 13.2 Å². The van der Waals surface area contributed by atoms with Crippen molar-refractivity contribution in [3.05, 3.63) is 77.4 Å². The second-order valence-corrected chi connectivity index (χ2v) is 6.78. The molecule has 5 heteroatoms. The summed E-state index contributed by atoms with van der Waals surface area (Å²) in [5.74, 6) is -0.322. The van der Waals surface area contributed by atoms with E-state index in [4.69, 9.17) is 0 Å². The molecule has 1 saturated heterocycles. The number of ketones is 1. The van der Waals surface area contributed by atoms with Crippen molar-refractivity contribution in [2.24, 2.45) is 5.92 Å². The third kappa shape index (κ3) is 4.74. The molecule has 1 aliphatic heterocycles. The van der Waals surface area contributed by atoms with Crippen LogP contribution in [0.25, 0.3) is 6.08 Å². The van der Waals surface area contributed by atoms with E-state index < -0.39 is 0 Å². The number of hydrogen-bond acceptors (Lipinski definition) is 4. The van der Waals surface area contributed by atoms with Gasteiger partial charge in [0.1, 0.15) is 0 Å². The van der Waals surface area contributed by atoms with Gasteiger partial charge in [0.2, 0.25) is 5.91 Å². The lowest BCUT2D eigenvalue weighted by atomic mass is 9.89. The third-order valence-electron chi connectivity index (χ3n) is 4.99. The fourth-order valence-electron chi connectivity index (χ4n) is 3.32. The molecule has 1 aliphatic rings. The van der Waals surface area contributed by atoms with Crippen LogP contribution in [-0.4, -0.2) is 42.8 Å². The first-order chi connectivity index (χ1) is 13.6. The number of likely N-dealkylation sites (tertiary alicyclic amines) is 1. The first-order valence-corrected chi connectivity index (χ1v) is 9.33. The van der Waals surface area contributed by atoms with Crippen molar-refractivity contribution in [1.29, 1.82) is 0 Å². The SMILES string of the molecule is COC(=O)c1ccc(/C=C/C(=O)N2CCC(C(=O)c3ccccc3)CC2)cc1. The van der Waals surface area contributed by atoms with Crippen LogP contribution in [0.2, 0.25) is 0 Å². The van der Waals surface area contributed by atoms with Crippen molar-refractivity contribution in [3.8, 4) is 0 Å². The number of piperidine rings is 1. The Hall–Kier alpha value is -3.21. The number of amides is 1. The first kappa shape index (κ1) is 19.5. The van der Waals surface area contributed by atoms with Gasteiger partial charge in [0.15, 0.2) is 5.78 Å². The van der Waals surface area contributed by atoms with Gasteiger partial charge >= 0.3 is 5.97 Å². The van der Waals surface area contributed by atoms with E-state index in [9.17, 15) is 14.4 Å². The molecule has 0 aromatic heterocycles. The van der Waals surface area contributed by atoms with E-state index in [0.717, 1.165) is 11.1 Å². The van der Waals surface area contributed by atoms with Gasteiger partial charge in [-0.1, -0.05) is 42.5 Å². The van der Waals surface area contributed by atoms with Crippen molar-refractivity contribution >= 4 is 23.7 Å². The highest BCUT2D eigenvalue weighted by Gasteiger charge is 2.27. The van der Waals surface area contributed by atoms with Crippen LogP contribution in [-0.2, 0) is 9.53 Å². The lowest BCUT2D eigenvalue weighted by Gasteiger charge is -2.30. The highest BCUT2D eigenvalue weighted by molar-refractivity contribution is 5.98. The highest BCUT2D eigenvalue weighted by atomic mass is 16.5. The summed E-state index contributed by atoms with van der Waals surface area (Å²) in [6.45, 7) is 1.15. The average Bonchev–Trinajstić information content (AvgIpc) is 2.77. The number of rotatable bonds is 5. The molecule has 0 saturated carbocycles. The number of carbonyl (C=O) groups is 3. The lowest BCUT2D eigenvalue weighted by Crippen LogP contribution is -2.39. The zero-order valence-electron chi connectivity index (χ0n) is 15.8. The quantitative estimate of drug-likeness (QED) is 0.454. The predicted molar refractivity (Wildman–Crippen MR) is 107 cm³/mol. The van der Waals surface area contributed by atoms with Crippen LogP contribution in [0.15, 0.2) is 60.7 Å². The van der Waals surface area contributed by atoms with Gasteiger partial charge in [-0.2, -0.15) is 0 Å². The number of hydrogen-bond donors (Lipinski definition) is 0. The Kier molecular flexibility index (Phi) is 6.37. The molecular formula is C23H23NO4. The summed E-state index contributed by atoms with van der Waals surface area (Å²) in [6, 6.07) is 16.2. The zero-order valence-corrected chi connectivity index (χ0v) is 15.8. The molecule has 2 aromatic carbocycles. The fraction of sp³-hybridized carbons (Fsp3) is 0.261. The molecule has 0 radical (unpaired) electrons. The van der Waals surface area contributed by atoms with Crippen molar-refractivity contribution in [3.63, 3.8) is 0 Å². The maximum Gasteiger partial charge on any atom is 0.337 e. The second kappa shape index (κ2) is 9.13.